The molecule has 0 radical (unpaired) electrons. The second kappa shape index (κ2) is 6.19. The van der Waals surface area contributed by atoms with Gasteiger partial charge in [-0.1, -0.05) is 18.2 Å². The zero-order chi connectivity index (χ0) is 15.6. The first-order chi connectivity index (χ1) is 11.3. The van der Waals surface area contributed by atoms with Gasteiger partial charge in [0.2, 0.25) is 5.91 Å². The lowest BCUT2D eigenvalue weighted by Gasteiger charge is -2.29. The van der Waals surface area contributed by atoms with E-state index in [1.807, 2.05) is 18.3 Å². The molecule has 0 saturated carbocycles. The molecule has 2 aliphatic rings. The summed E-state index contributed by atoms with van der Waals surface area (Å²) in [5, 5.41) is 1.18. The number of fused-ring (bicyclic) bond motifs is 1. The van der Waals surface area contributed by atoms with Crippen molar-refractivity contribution in [1.82, 2.24) is 9.88 Å². The largest absolute Gasteiger partial charge is 0.370 e. The van der Waals surface area contributed by atoms with E-state index in [1.54, 1.807) is 0 Å². The maximum Gasteiger partial charge on any atom is 0.227 e. The van der Waals surface area contributed by atoms with E-state index in [9.17, 15) is 4.79 Å². The molecule has 1 aromatic carbocycles. The highest BCUT2D eigenvalue weighted by molar-refractivity contribution is 5.92. The lowest BCUT2D eigenvalue weighted by Crippen LogP contribution is -2.40. The summed E-state index contributed by atoms with van der Waals surface area (Å²) >= 11 is 0. The molecule has 23 heavy (non-hydrogen) atoms. The Hall–Kier alpha value is -2.10. The number of benzene rings is 1. The molecule has 2 aliphatic heterocycles. The van der Waals surface area contributed by atoms with E-state index >= 15 is 0 Å². The second-order valence-corrected chi connectivity index (χ2v) is 6.66. The van der Waals surface area contributed by atoms with Gasteiger partial charge < -0.3 is 9.80 Å². The second-order valence-electron chi connectivity index (χ2n) is 6.66. The van der Waals surface area contributed by atoms with Crippen molar-refractivity contribution >= 4 is 22.5 Å². The van der Waals surface area contributed by atoms with Gasteiger partial charge in [0.25, 0.3) is 0 Å². The van der Waals surface area contributed by atoms with Crippen LogP contribution in [0.5, 0.6) is 0 Å². The fourth-order valence-corrected chi connectivity index (χ4v) is 3.91. The molecule has 0 aliphatic carbocycles. The number of rotatable bonds is 2. The van der Waals surface area contributed by atoms with Crippen LogP contribution in [0.15, 0.2) is 36.5 Å². The first-order valence-electron chi connectivity index (χ1n) is 8.70. The fraction of sp³-hybridized carbons (Fsp3) is 0.474. The summed E-state index contributed by atoms with van der Waals surface area (Å²) in [4.78, 5) is 21.6. The summed E-state index contributed by atoms with van der Waals surface area (Å²) in [6.07, 6.45) is 6.43. The van der Waals surface area contributed by atoms with Crippen molar-refractivity contribution in [3.05, 3.63) is 36.5 Å². The minimum atomic E-state index is 0.153. The first-order valence-corrected chi connectivity index (χ1v) is 8.70. The summed E-state index contributed by atoms with van der Waals surface area (Å²) in [6.45, 7) is 3.70. The lowest BCUT2D eigenvalue weighted by atomic mass is 10.0. The van der Waals surface area contributed by atoms with Gasteiger partial charge in [0.1, 0.15) is 0 Å². The summed E-state index contributed by atoms with van der Waals surface area (Å²) in [6, 6.07) is 10.3. The predicted molar refractivity (Wildman–Crippen MR) is 92.5 cm³/mol. The van der Waals surface area contributed by atoms with Gasteiger partial charge in [0.15, 0.2) is 0 Å². The van der Waals surface area contributed by atoms with Crippen LogP contribution in [-0.2, 0) is 4.79 Å². The van der Waals surface area contributed by atoms with Gasteiger partial charge >= 0.3 is 0 Å². The Morgan fingerprint density at radius 3 is 2.74 bits per heavy atom. The maximum atomic E-state index is 12.7. The Labute approximate surface area is 137 Å². The monoisotopic (exact) mass is 309 g/mol. The average Bonchev–Trinajstić information content (AvgIpc) is 3.11. The number of hydrogen-bond donors (Lipinski definition) is 0. The number of aromatic nitrogens is 1. The number of carbonyl (C=O) groups excluding carboxylic acids is 1. The summed E-state index contributed by atoms with van der Waals surface area (Å²) < 4.78 is 0. The average molecular weight is 309 g/mol. The highest BCUT2D eigenvalue weighted by atomic mass is 16.2. The lowest BCUT2D eigenvalue weighted by molar-refractivity contribution is -0.135. The van der Waals surface area contributed by atoms with E-state index in [-0.39, 0.29) is 5.92 Å². The van der Waals surface area contributed by atoms with Crippen LogP contribution in [-0.4, -0.2) is 42.0 Å². The Bertz CT molecular complexity index is 703. The highest BCUT2D eigenvalue weighted by Crippen LogP contribution is 2.30. The quantitative estimate of drug-likeness (QED) is 0.855. The van der Waals surface area contributed by atoms with Crippen LogP contribution in [0.25, 0.3) is 10.9 Å². The Morgan fingerprint density at radius 1 is 1.04 bits per heavy atom. The van der Waals surface area contributed by atoms with Gasteiger partial charge in [-0.05, 0) is 37.8 Å². The highest BCUT2D eigenvalue weighted by Gasteiger charge is 2.32. The van der Waals surface area contributed by atoms with Crippen LogP contribution < -0.4 is 4.90 Å². The van der Waals surface area contributed by atoms with Gasteiger partial charge in [-0.3, -0.25) is 9.78 Å². The fourth-order valence-electron chi connectivity index (χ4n) is 3.91. The Balaban J connectivity index is 1.52. The first kappa shape index (κ1) is 14.5. The Kier molecular flexibility index (Phi) is 3.90. The van der Waals surface area contributed by atoms with E-state index in [0.717, 1.165) is 51.0 Å². The minimum absolute atomic E-state index is 0.153. The number of likely N-dealkylation sites (tertiary alicyclic amines) is 1. The number of para-hydroxylation sites is 1. The van der Waals surface area contributed by atoms with Crippen LogP contribution in [0.2, 0.25) is 0 Å². The van der Waals surface area contributed by atoms with Crippen molar-refractivity contribution in [3.63, 3.8) is 0 Å². The van der Waals surface area contributed by atoms with Crippen molar-refractivity contribution in [2.75, 3.05) is 31.1 Å². The molecule has 1 amide bonds. The number of nitrogens with zero attached hydrogens (tertiary/aromatic N) is 3. The number of piperidine rings is 1. The molecule has 0 N–H and O–H groups in total. The van der Waals surface area contributed by atoms with Gasteiger partial charge in [0.05, 0.1) is 11.4 Å². The molecule has 2 fully saturated rings. The standard InChI is InChI=1S/C19H23N3O/c23-19(21-11-4-1-5-12-21)15-9-13-22(14-15)18-8-10-20-17-7-3-2-6-16(17)18/h2-3,6-8,10,15H,1,4-5,9,11-14H2. The molecule has 0 bridgehead atoms. The summed E-state index contributed by atoms with van der Waals surface area (Å²) in [7, 11) is 0. The van der Waals surface area contributed by atoms with Gasteiger partial charge in [-0.25, -0.2) is 0 Å². The molecule has 1 atom stereocenters. The molecular formula is C19H23N3O. The topological polar surface area (TPSA) is 36.4 Å². The minimum Gasteiger partial charge on any atom is -0.370 e. The van der Waals surface area contributed by atoms with E-state index < -0.39 is 0 Å². The molecule has 2 aromatic rings. The zero-order valence-electron chi connectivity index (χ0n) is 13.4. The number of pyridine rings is 1. The van der Waals surface area contributed by atoms with E-state index in [2.05, 4.69) is 33.0 Å². The molecule has 1 aromatic heterocycles. The molecule has 2 saturated heterocycles. The van der Waals surface area contributed by atoms with Crippen molar-refractivity contribution in [2.24, 2.45) is 5.92 Å². The van der Waals surface area contributed by atoms with Crippen molar-refractivity contribution in [2.45, 2.75) is 25.7 Å². The molecule has 120 valence electrons. The van der Waals surface area contributed by atoms with Crippen molar-refractivity contribution in [1.29, 1.82) is 0 Å². The third kappa shape index (κ3) is 2.78. The molecule has 1 unspecified atom stereocenters. The molecule has 3 heterocycles. The molecule has 4 rings (SSSR count). The van der Waals surface area contributed by atoms with Gasteiger partial charge in [-0.2, -0.15) is 0 Å². The van der Waals surface area contributed by atoms with Crippen LogP contribution in [0.3, 0.4) is 0 Å². The Morgan fingerprint density at radius 2 is 1.87 bits per heavy atom. The van der Waals surface area contributed by atoms with Crippen molar-refractivity contribution < 1.29 is 4.79 Å². The summed E-state index contributed by atoms with van der Waals surface area (Å²) in [5.74, 6) is 0.519. The number of carbonyl (C=O) groups is 1. The van der Waals surface area contributed by atoms with Crippen molar-refractivity contribution in [3.8, 4) is 0 Å². The van der Waals surface area contributed by atoms with Gasteiger partial charge in [-0.15, -0.1) is 0 Å². The van der Waals surface area contributed by atoms with E-state index in [1.165, 1.54) is 17.5 Å². The SMILES string of the molecule is O=C(C1CCN(c2ccnc3ccccc23)C1)N1CCCCC1. The zero-order valence-corrected chi connectivity index (χ0v) is 13.4. The number of anilines is 1. The maximum absolute atomic E-state index is 12.7. The number of hydrogen-bond acceptors (Lipinski definition) is 3. The summed E-state index contributed by atoms with van der Waals surface area (Å²) in [5.41, 5.74) is 2.24. The third-order valence-corrected chi connectivity index (χ3v) is 5.17. The van der Waals surface area contributed by atoms with Crippen LogP contribution in [0, 0.1) is 5.92 Å². The van der Waals surface area contributed by atoms with Crippen LogP contribution in [0.1, 0.15) is 25.7 Å². The van der Waals surface area contributed by atoms with Crippen LogP contribution in [0.4, 0.5) is 5.69 Å². The number of amides is 1. The molecule has 4 nitrogen and oxygen atoms in total. The van der Waals surface area contributed by atoms with E-state index in [4.69, 9.17) is 0 Å². The van der Waals surface area contributed by atoms with Gasteiger partial charge in [0, 0.05) is 43.4 Å². The third-order valence-electron chi connectivity index (χ3n) is 5.17. The smallest absolute Gasteiger partial charge is 0.227 e. The van der Waals surface area contributed by atoms with E-state index in [0.29, 0.717) is 5.91 Å². The molecular weight excluding hydrogens is 286 g/mol. The molecule has 4 heteroatoms. The predicted octanol–water partition coefficient (Wildman–Crippen LogP) is 3.07. The van der Waals surface area contributed by atoms with Crippen LogP contribution >= 0.6 is 0 Å². The normalized spacial score (nSPS) is 21.8. The molecule has 0 spiro atoms.